The van der Waals surface area contributed by atoms with E-state index in [-0.39, 0.29) is 36.5 Å². The van der Waals surface area contributed by atoms with Crippen molar-refractivity contribution in [2.45, 2.75) is 56.9 Å². The van der Waals surface area contributed by atoms with Crippen LogP contribution in [-0.2, 0) is 30.8 Å². The molecule has 0 radical (unpaired) electrons. The molecule has 2 aromatic carbocycles. The van der Waals surface area contributed by atoms with Crippen LogP contribution in [0.3, 0.4) is 0 Å². The van der Waals surface area contributed by atoms with E-state index >= 15 is 0 Å². The zero-order valence-corrected chi connectivity index (χ0v) is 20.6. The molecule has 1 N–H and O–H groups in total. The molecule has 0 saturated carbocycles. The lowest BCUT2D eigenvalue weighted by Gasteiger charge is -2.30. The fourth-order valence-corrected chi connectivity index (χ4v) is 6.31. The largest absolute Gasteiger partial charge is 0.455 e. The van der Waals surface area contributed by atoms with Crippen molar-refractivity contribution in [1.29, 1.82) is 0 Å². The molecule has 1 fully saturated rings. The second-order valence-corrected chi connectivity index (χ2v) is 11.2. The van der Waals surface area contributed by atoms with Crippen molar-refractivity contribution in [2.24, 2.45) is 5.92 Å². The standard InChI is InChI=1S/C26H32N2O5S/c1-18-10-11-22(16-19(18)2)34(31,32)28-14-12-21(13-15-28)26(30)33-17-25(29)27-24-9-5-7-20-6-3-4-8-23(20)24/h3-4,6,8,10-11,16,21,24H,5,7,9,12-15,17H2,1-2H3,(H,27,29). The van der Waals surface area contributed by atoms with Crippen LogP contribution in [0.2, 0.25) is 0 Å². The summed E-state index contributed by atoms with van der Waals surface area (Å²) in [5.41, 5.74) is 4.34. The Kier molecular flexibility index (Phi) is 7.38. The number of ether oxygens (including phenoxy) is 1. The van der Waals surface area contributed by atoms with Crippen molar-refractivity contribution >= 4 is 21.9 Å². The highest BCUT2D eigenvalue weighted by Gasteiger charge is 2.33. The van der Waals surface area contributed by atoms with Crippen LogP contribution < -0.4 is 5.32 Å². The number of fused-ring (bicyclic) bond motifs is 1. The summed E-state index contributed by atoms with van der Waals surface area (Å²) in [6.45, 7) is 4.01. The third-order valence-corrected chi connectivity index (χ3v) is 8.85. The van der Waals surface area contributed by atoms with Gasteiger partial charge < -0.3 is 10.1 Å². The minimum Gasteiger partial charge on any atom is -0.455 e. The Labute approximate surface area is 201 Å². The molecule has 0 bridgehead atoms. The van der Waals surface area contributed by atoms with Gasteiger partial charge >= 0.3 is 5.97 Å². The number of carbonyl (C=O) groups is 2. The van der Waals surface area contributed by atoms with Crippen LogP contribution in [0.5, 0.6) is 0 Å². The Morgan fingerprint density at radius 2 is 1.76 bits per heavy atom. The lowest BCUT2D eigenvalue weighted by Crippen LogP contribution is -2.41. The van der Waals surface area contributed by atoms with E-state index in [9.17, 15) is 18.0 Å². The Hall–Kier alpha value is -2.71. The van der Waals surface area contributed by atoms with E-state index in [2.05, 4.69) is 11.4 Å². The van der Waals surface area contributed by atoms with Gasteiger partial charge in [-0.1, -0.05) is 30.3 Å². The van der Waals surface area contributed by atoms with Gasteiger partial charge in [-0.25, -0.2) is 8.42 Å². The number of amides is 1. The number of benzene rings is 2. The van der Waals surface area contributed by atoms with E-state index in [1.54, 1.807) is 12.1 Å². The molecule has 2 aliphatic rings. The highest BCUT2D eigenvalue weighted by atomic mass is 32.2. The first-order valence-corrected chi connectivity index (χ1v) is 13.3. The van der Waals surface area contributed by atoms with Crippen LogP contribution >= 0.6 is 0 Å². The van der Waals surface area contributed by atoms with Gasteiger partial charge in [-0.15, -0.1) is 0 Å². The molecule has 1 saturated heterocycles. The van der Waals surface area contributed by atoms with Gasteiger partial charge in [0.25, 0.3) is 5.91 Å². The predicted molar refractivity (Wildman–Crippen MR) is 129 cm³/mol. The SMILES string of the molecule is Cc1ccc(S(=O)(=O)N2CCC(C(=O)OCC(=O)NC3CCCc4ccccc43)CC2)cc1C. The number of esters is 1. The summed E-state index contributed by atoms with van der Waals surface area (Å²) < 4.78 is 32.7. The van der Waals surface area contributed by atoms with E-state index < -0.39 is 21.9 Å². The Morgan fingerprint density at radius 3 is 2.50 bits per heavy atom. The number of aryl methyl sites for hydroxylation is 3. The van der Waals surface area contributed by atoms with Gasteiger partial charge in [-0.05, 0) is 80.3 Å². The fraction of sp³-hybridized carbons (Fsp3) is 0.462. The van der Waals surface area contributed by atoms with Crippen molar-refractivity contribution in [1.82, 2.24) is 9.62 Å². The molecule has 0 spiro atoms. The molecule has 1 atom stereocenters. The third kappa shape index (κ3) is 5.33. The average Bonchev–Trinajstić information content (AvgIpc) is 2.84. The number of hydrogen-bond donors (Lipinski definition) is 1. The fourth-order valence-electron chi connectivity index (χ4n) is 4.75. The number of nitrogens with one attached hydrogen (secondary N) is 1. The topological polar surface area (TPSA) is 92.8 Å². The van der Waals surface area contributed by atoms with Crippen molar-refractivity contribution < 1.29 is 22.7 Å². The number of rotatable bonds is 6. The summed E-state index contributed by atoms with van der Waals surface area (Å²) in [6.07, 6.45) is 3.63. The van der Waals surface area contributed by atoms with E-state index in [4.69, 9.17) is 4.74 Å². The number of sulfonamides is 1. The van der Waals surface area contributed by atoms with Gasteiger partial charge in [0.1, 0.15) is 0 Å². The van der Waals surface area contributed by atoms with Gasteiger partial charge in [0.05, 0.1) is 16.9 Å². The first-order chi connectivity index (χ1) is 16.3. The molecule has 182 valence electrons. The monoisotopic (exact) mass is 484 g/mol. The number of carbonyl (C=O) groups excluding carboxylic acids is 2. The number of hydrogen-bond acceptors (Lipinski definition) is 5. The minimum atomic E-state index is -3.60. The Bertz CT molecular complexity index is 1170. The first-order valence-electron chi connectivity index (χ1n) is 11.9. The van der Waals surface area contributed by atoms with Gasteiger partial charge in [-0.3, -0.25) is 9.59 Å². The number of nitrogens with zero attached hydrogens (tertiary/aromatic N) is 1. The second-order valence-electron chi connectivity index (χ2n) is 9.24. The highest BCUT2D eigenvalue weighted by molar-refractivity contribution is 7.89. The lowest BCUT2D eigenvalue weighted by atomic mass is 9.88. The molecule has 7 nitrogen and oxygen atoms in total. The molecular weight excluding hydrogens is 452 g/mol. The minimum absolute atomic E-state index is 0.0602. The van der Waals surface area contributed by atoms with Crippen molar-refractivity contribution in [3.8, 4) is 0 Å². The number of piperidine rings is 1. The molecule has 1 aliphatic carbocycles. The maximum absolute atomic E-state index is 13.0. The molecular formula is C26H32N2O5S. The van der Waals surface area contributed by atoms with Crippen LogP contribution in [0.25, 0.3) is 0 Å². The lowest BCUT2D eigenvalue weighted by molar-refractivity contribution is -0.153. The molecule has 1 heterocycles. The second kappa shape index (κ2) is 10.3. The highest BCUT2D eigenvalue weighted by Crippen LogP contribution is 2.29. The van der Waals surface area contributed by atoms with Crippen LogP contribution in [0.15, 0.2) is 47.4 Å². The van der Waals surface area contributed by atoms with Crippen molar-refractivity contribution in [3.63, 3.8) is 0 Å². The van der Waals surface area contributed by atoms with Crippen LogP contribution in [0, 0.1) is 19.8 Å². The van der Waals surface area contributed by atoms with E-state index in [1.807, 2.05) is 38.1 Å². The van der Waals surface area contributed by atoms with Crippen LogP contribution in [0.1, 0.15) is 54.0 Å². The van der Waals surface area contributed by atoms with Crippen molar-refractivity contribution in [2.75, 3.05) is 19.7 Å². The zero-order valence-electron chi connectivity index (χ0n) is 19.7. The molecule has 0 aromatic heterocycles. The zero-order chi connectivity index (χ0) is 24.3. The molecule has 1 aliphatic heterocycles. The Balaban J connectivity index is 1.26. The van der Waals surface area contributed by atoms with Gasteiger partial charge in [0, 0.05) is 13.1 Å². The van der Waals surface area contributed by atoms with E-state index in [0.29, 0.717) is 12.8 Å². The van der Waals surface area contributed by atoms with Crippen LogP contribution in [0.4, 0.5) is 0 Å². The average molecular weight is 485 g/mol. The maximum atomic E-state index is 13.0. The summed E-state index contributed by atoms with van der Waals surface area (Å²) in [6, 6.07) is 13.2. The third-order valence-electron chi connectivity index (χ3n) is 6.95. The predicted octanol–water partition coefficient (Wildman–Crippen LogP) is 3.44. The molecule has 34 heavy (non-hydrogen) atoms. The molecule has 8 heteroatoms. The van der Waals surface area contributed by atoms with Gasteiger partial charge in [0.15, 0.2) is 6.61 Å². The summed E-state index contributed by atoms with van der Waals surface area (Å²) >= 11 is 0. The van der Waals surface area contributed by atoms with Crippen molar-refractivity contribution in [3.05, 3.63) is 64.7 Å². The summed E-state index contributed by atoms with van der Waals surface area (Å²) in [4.78, 5) is 25.2. The van der Waals surface area contributed by atoms with Crippen LogP contribution in [-0.4, -0.2) is 44.3 Å². The maximum Gasteiger partial charge on any atom is 0.309 e. The van der Waals surface area contributed by atoms with Gasteiger partial charge in [-0.2, -0.15) is 4.31 Å². The molecule has 2 aromatic rings. The molecule has 1 unspecified atom stereocenters. The normalized spacial score (nSPS) is 19.3. The molecule has 1 amide bonds. The summed E-state index contributed by atoms with van der Waals surface area (Å²) in [7, 11) is -3.60. The summed E-state index contributed by atoms with van der Waals surface area (Å²) in [5, 5.41) is 2.98. The van der Waals surface area contributed by atoms with Gasteiger partial charge in [0.2, 0.25) is 10.0 Å². The van der Waals surface area contributed by atoms with E-state index in [0.717, 1.165) is 36.0 Å². The molecule has 4 rings (SSSR count). The first kappa shape index (κ1) is 24.4. The van der Waals surface area contributed by atoms with E-state index in [1.165, 1.54) is 9.87 Å². The quantitative estimate of drug-likeness (QED) is 0.634. The Morgan fingerprint density at radius 1 is 1.03 bits per heavy atom. The smallest absolute Gasteiger partial charge is 0.309 e. The summed E-state index contributed by atoms with van der Waals surface area (Å²) in [5.74, 6) is -1.17.